The quantitative estimate of drug-likeness (QED) is 0.0962. The Morgan fingerprint density at radius 1 is 0.356 bits per heavy atom. The zero-order valence-electron chi connectivity index (χ0n) is 31.9. The van der Waals surface area contributed by atoms with Gasteiger partial charge in [0.25, 0.3) is 0 Å². The van der Waals surface area contributed by atoms with E-state index in [-0.39, 0.29) is 0 Å². The average molecular weight is 770 g/mol. The Morgan fingerprint density at radius 2 is 0.847 bits per heavy atom. The first-order valence-electron chi connectivity index (χ1n) is 20.0. The van der Waals surface area contributed by atoms with Crippen LogP contribution in [0.1, 0.15) is 0 Å². The van der Waals surface area contributed by atoms with E-state index in [1.165, 1.54) is 31.5 Å². The Morgan fingerprint density at radius 3 is 1.49 bits per heavy atom. The molecule has 5 nitrogen and oxygen atoms in total. The van der Waals surface area contributed by atoms with Gasteiger partial charge in [-0.05, 0) is 44.3 Å². The van der Waals surface area contributed by atoms with E-state index in [1.54, 1.807) is 0 Å². The standard InChI is InChI=1S/C53H35N5Si/c1-4-18-37(19-5-1)59(38-20-6-2-7-21-38,39-22-8-3-9-23-39)40-34-32-36(33-35-40)49-44-27-12-15-29-46(44)54-53(56-49)58-48-31-17-14-28-45(48)50-52(58)57-47-30-16-13-25-42(47)41-24-10-11-26-43(41)51(57)55-50/h1-35H. The number of hydrogen-bond acceptors (Lipinski definition) is 3. The van der Waals surface area contributed by atoms with Crippen LogP contribution in [0.4, 0.5) is 0 Å². The highest BCUT2D eigenvalue weighted by Crippen LogP contribution is 2.38. The summed E-state index contributed by atoms with van der Waals surface area (Å²) in [4.78, 5) is 16.3. The minimum absolute atomic E-state index is 0.606. The molecule has 0 bridgehead atoms. The molecule has 59 heavy (non-hydrogen) atoms. The molecule has 0 amide bonds. The van der Waals surface area contributed by atoms with Crippen molar-refractivity contribution in [2.24, 2.45) is 0 Å². The van der Waals surface area contributed by atoms with Crippen molar-refractivity contribution in [3.8, 4) is 17.2 Å². The molecule has 8 aromatic carbocycles. The Balaban J connectivity index is 1.12. The summed E-state index contributed by atoms with van der Waals surface area (Å²) in [6.07, 6.45) is 0. The number of rotatable bonds is 6. The fourth-order valence-electron chi connectivity index (χ4n) is 9.53. The Kier molecular flexibility index (Phi) is 7.49. The van der Waals surface area contributed by atoms with Crippen LogP contribution < -0.4 is 20.7 Å². The minimum Gasteiger partial charge on any atom is -0.277 e. The molecule has 0 radical (unpaired) electrons. The Bertz CT molecular complexity index is 3440. The molecule has 0 saturated heterocycles. The summed E-state index contributed by atoms with van der Waals surface area (Å²) in [6.45, 7) is 0. The molecule has 6 heteroatoms. The lowest BCUT2D eigenvalue weighted by molar-refractivity contribution is 0.993. The average Bonchev–Trinajstić information content (AvgIpc) is 3.86. The van der Waals surface area contributed by atoms with Gasteiger partial charge in [0, 0.05) is 27.1 Å². The second-order valence-electron chi connectivity index (χ2n) is 15.2. The van der Waals surface area contributed by atoms with Crippen LogP contribution in [0.3, 0.4) is 0 Å². The largest absolute Gasteiger partial charge is 0.277 e. The van der Waals surface area contributed by atoms with Gasteiger partial charge in [0.15, 0.2) is 13.7 Å². The topological polar surface area (TPSA) is 48.0 Å². The van der Waals surface area contributed by atoms with Crippen LogP contribution in [0.5, 0.6) is 0 Å². The third kappa shape index (κ3) is 4.94. The zero-order valence-corrected chi connectivity index (χ0v) is 32.9. The molecule has 4 aromatic heterocycles. The van der Waals surface area contributed by atoms with Gasteiger partial charge in [0.05, 0.1) is 22.2 Å². The van der Waals surface area contributed by atoms with Crippen LogP contribution in [0.15, 0.2) is 212 Å². The summed E-state index contributed by atoms with van der Waals surface area (Å²) >= 11 is 0. The fraction of sp³-hybridized carbons (Fsp3) is 0. The van der Waals surface area contributed by atoms with Gasteiger partial charge in [-0.15, -0.1) is 0 Å². The maximum absolute atomic E-state index is 5.53. The summed E-state index contributed by atoms with van der Waals surface area (Å²) < 4.78 is 4.52. The van der Waals surface area contributed by atoms with E-state index < -0.39 is 8.07 Å². The number of aromatic nitrogens is 5. The predicted molar refractivity (Wildman–Crippen MR) is 247 cm³/mol. The third-order valence-corrected chi connectivity index (χ3v) is 16.9. The maximum atomic E-state index is 5.53. The molecule has 0 spiro atoms. The van der Waals surface area contributed by atoms with E-state index >= 15 is 0 Å². The van der Waals surface area contributed by atoms with Gasteiger partial charge < -0.3 is 0 Å². The van der Waals surface area contributed by atoms with E-state index in [4.69, 9.17) is 15.0 Å². The highest BCUT2D eigenvalue weighted by atomic mass is 28.3. The van der Waals surface area contributed by atoms with Crippen LogP contribution in [-0.4, -0.2) is 32.0 Å². The molecule has 4 heterocycles. The van der Waals surface area contributed by atoms with Gasteiger partial charge in [-0.3, -0.25) is 8.97 Å². The first kappa shape index (κ1) is 33.5. The smallest absolute Gasteiger partial charge is 0.237 e. The minimum atomic E-state index is -2.70. The molecule has 276 valence electrons. The SMILES string of the molecule is c1ccc([Si](c2ccccc2)(c2ccccc2)c2ccc(-c3nc(-n4c5ccccc5c5nc6c7ccccc7c7ccccc7n6c54)nc4ccccc34)cc2)cc1. The van der Waals surface area contributed by atoms with Crippen molar-refractivity contribution in [2.75, 3.05) is 0 Å². The summed E-state index contributed by atoms with van der Waals surface area (Å²) in [5, 5.41) is 10.9. The van der Waals surface area contributed by atoms with Crippen LogP contribution in [0.25, 0.3) is 77.5 Å². The number of hydrogen-bond donors (Lipinski definition) is 0. The van der Waals surface area contributed by atoms with Gasteiger partial charge >= 0.3 is 0 Å². The van der Waals surface area contributed by atoms with Crippen LogP contribution in [0.2, 0.25) is 0 Å². The molecule has 12 rings (SSSR count). The second kappa shape index (κ2) is 13.2. The lowest BCUT2D eigenvalue weighted by Crippen LogP contribution is -2.74. The van der Waals surface area contributed by atoms with Crippen molar-refractivity contribution in [1.29, 1.82) is 0 Å². The monoisotopic (exact) mass is 769 g/mol. The summed E-state index contributed by atoms with van der Waals surface area (Å²) in [6, 6.07) is 76.4. The van der Waals surface area contributed by atoms with Crippen molar-refractivity contribution in [1.82, 2.24) is 23.9 Å². The Labute approximate surface area is 341 Å². The lowest BCUT2D eigenvalue weighted by atomic mass is 10.1. The van der Waals surface area contributed by atoms with Crippen LogP contribution in [-0.2, 0) is 0 Å². The summed E-state index contributed by atoms with van der Waals surface area (Å²) in [5.74, 6) is 0.606. The van der Waals surface area contributed by atoms with E-state index in [9.17, 15) is 0 Å². The normalized spacial score (nSPS) is 12.1. The lowest BCUT2D eigenvalue weighted by Gasteiger charge is -2.34. The highest BCUT2D eigenvalue weighted by Gasteiger charge is 2.41. The molecule has 0 fully saturated rings. The predicted octanol–water partition coefficient (Wildman–Crippen LogP) is 9.73. The van der Waals surface area contributed by atoms with Gasteiger partial charge in [0.1, 0.15) is 11.2 Å². The van der Waals surface area contributed by atoms with E-state index in [2.05, 4.69) is 221 Å². The van der Waals surface area contributed by atoms with Gasteiger partial charge in [-0.2, -0.15) is 0 Å². The van der Waals surface area contributed by atoms with E-state index in [1.807, 2.05) is 0 Å². The Hall–Kier alpha value is -7.67. The van der Waals surface area contributed by atoms with Crippen molar-refractivity contribution in [3.05, 3.63) is 212 Å². The number of benzene rings is 8. The maximum Gasteiger partial charge on any atom is 0.237 e. The second-order valence-corrected chi connectivity index (χ2v) is 19.0. The summed E-state index contributed by atoms with van der Waals surface area (Å²) in [5.41, 5.74) is 7.70. The number of imidazole rings is 1. The molecule has 0 saturated carbocycles. The molecular formula is C53H35N5Si. The first-order valence-corrected chi connectivity index (χ1v) is 22.0. The van der Waals surface area contributed by atoms with E-state index in [0.29, 0.717) is 5.95 Å². The number of pyridine rings is 1. The van der Waals surface area contributed by atoms with Gasteiger partial charge in [-0.25, -0.2) is 15.0 Å². The van der Waals surface area contributed by atoms with Gasteiger partial charge in [-0.1, -0.05) is 194 Å². The summed E-state index contributed by atoms with van der Waals surface area (Å²) in [7, 11) is -2.70. The number of nitrogens with zero attached hydrogens (tertiary/aromatic N) is 5. The van der Waals surface area contributed by atoms with Crippen molar-refractivity contribution < 1.29 is 0 Å². The number of para-hydroxylation sites is 3. The highest BCUT2D eigenvalue weighted by molar-refractivity contribution is 7.19. The molecule has 0 N–H and O–H groups in total. The molecule has 0 aliphatic heterocycles. The first-order chi connectivity index (χ1) is 29.3. The van der Waals surface area contributed by atoms with E-state index in [0.717, 1.165) is 60.8 Å². The van der Waals surface area contributed by atoms with Crippen LogP contribution >= 0.6 is 0 Å². The molecule has 0 aliphatic carbocycles. The van der Waals surface area contributed by atoms with Crippen molar-refractivity contribution in [3.63, 3.8) is 0 Å². The van der Waals surface area contributed by atoms with Crippen molar-refractivity contribution in [2.45, 2.75) is 0 Å². The number of fused-ring (bicyclic) bond motifs is 11. The fourth-order valence-corrected chi connectivity index (χ4v) is 14.3. The molecule has 0 aliphatic rings. The molecule has 12 aromatic rings. The third-order valence-electron chi connectivity index (χ3n) is 12.1. The van der Waals surface area contributed by atoms with Crippen molar-refractivity contribution >= 4 is 89.1 Å². The van der Waals surface area contributed by atoms with Crippen LogP contribution in [0, 0.1) is 0 Å². The molecule has 0 atom stereocenters. The molecule has 0 unspecified atom stereocenters. The zero-order chi connectivity index (χ0) is 38.9. The molecular weight excluding hydrogens is 735 g/mol. The van der Waals surface area contributed by atoms with Gasteiger partial charge in [0.2, 0.25) is 5.95 Å².